The molecule has 2 heterocycles. The molecule has 0 unspecified atom stereocenters. The first-order valence-corrected chi connectivity index (χ1v) is 5.73. The smallest absolute Gasteiger partial charge is 0.272 e. The molecule has 2 aromatic heterocycles. The van der Waals surface area contributed by atoms with Crippen molar-refractivity contribution in [2.75, 3.05) is 7.05 Å². The largest absolute Gasteiger partial charge is 0.336 e. The zero-order valence-corrected chi connectivity index (χ0v) is 10.8. The van der Waals surface area contributed by atoms with E-state index in [1.165, 1.54) is 0 Å². The van der Waals surface area contributed by atoms with Crippen molar-refractivity contribution in [3.05, 3.63) is 47.5 Å². The fourth-order valence-electron chi connectivity index (χ4n) is 1.84. The van der Waals surface area contributed by atoms with Gasteiger partial charge in [-0.3, -0.25) is 14.5 Å². The summed E-state index contributed by atoms with van der Waals surface area (Å²) >= 11 is 0. The van der Waals surface area contributed by atoms with Crippen molar-refractivity contribution in [3.63, 3.8) is 0 Å². The Hall–Kier alpha value is -2.17. The Kier molecular flexibility index (Phi) is 3.41. The Bertz CT molecular complexity index is 547. The molecule has 0 N–H and O–H groups in total. The van der Waals surface area contributed by atoms with E-state index in [0.29, 0.717) is 12.2 Å². The molecule has 1 amide bonds. The summed E-state index contributed by atoms with van der Waals surface area (Å²) in [6, 6.07) is 5.60. The summed E-state index contributed by atoms with van der Waals surface area (Å²) in [5.41, 5.74) is 2.50. The van der Waals surface area contributed by atoms with Crippen LogP contribution in [-0.2, 0) is 13.6 Å². The van der Waals surface area contributed by atoms with Crippen molar-refractivity contribution >= 4 is 5.91 Å². The van der Waals surface area contributed by atoms with Crippen molar-refractivity contribution < 1.29 is 4.79 Å². The Balaban J connectivity index is 2.12. The van der Waals surface area contributed by atoms with E-state index in [2.05, 4.69) is 10.1 Å². The molecule has 2 rings (SSSR count). The second-order valence-electron chi connectivity index (χ2n) is 4.31. The van der Waals surface area contributed by atoms with E-state index in [-0.39, 0.29) is 5.91 Å². The Morgan fingerprint density at radius 2 is 2.06 bits per heavy atom. The summed E-state index contributed by atoms with van der Waals surface area (Å²) in [6.45, 7) is 2.44. The molecule has 0 spiro atoms. The van der Waals surface area contributed by atoms with E-state index in [1.807, 2.05) is 19.1 Å². The van der Waals surface area contributed by atoms with Gasteiger partial charge >= 0.3 is 0 Å². The molecule has 0 bridgehead atoms. The monoisotopic (exact) mass is 244 g/mol. The van der Waals surface area contributed by atoms with Gasteiger partial charge in [0.1, 0.15) is 5.69 Å². The number of pyridine rings is 1. The topological polar surface area (TPSA) is 51.0 Å². The maximum absolute atomic E-state index is 12.2. The molecule has 94 valence electrons. The molecular formula is C13H16N4O. The van der Waals surface area contributed by atoms with Crippen LogP contribution in [0.3, 0.4) is 0 Å². The zero-order valence-electron chi connectivity index (χ0n) is 10.8. The lowest BCUT2D eigenvalue weighted by molar-refractivity contribution is 0.0774. The standard InChI is InChI=1S/C13H16N4O/c1-10-8-12(17(3)15-10)13(18)16(2)9-11-4-6-14-7-5-11/h4-8H,9H2,1-3H3. The Labute approximate surface area is 106 Å². The minimum absolute atomic E-state index is 0.0325. The number of carbonyl (C=O) groups excluding carboxylic acids is 1. The molecule has 0 aliphatic heterocycles. The molecule has 0 atom stereocenters. The molecule has 0 aliphatic carbocycles. The minimum Gasteiger partial charge on any atom is -0.336 e. The second kappa shape index (κ2) is 5.00. The van der Waals surface area contributed by atoms with Crippen LogP contribution in [0.5, 0.6) is 0 Å². The van der Waals surface area contributed by atoms with Crippen LogP contribution in [0.25, 0.3) is 0 Å². The number of hydrogen-bond donors (Lipinski definition) is 0. The van der Waals surface area contributed by atoms with Crippen LogP contribution in [0.4, 0.5) is 0 Å². The van der Waals surface area contributed by atoms with Gasteiger partial charge in [0.05, 0.1) is 5.69 Å². The predicted octanol–water partition coefficient (Wildman–Crippen LogP) is 1.40. The third kappa shape index (κ3) is 2.56. The molecule has 0 saturated carbocycles. The SMILES string of the molecule is Cc1cc(C(=O)N(C)Cc2ccncc2)n(C)n1. The molecule has 0 saturated heterocycles. The summed E-state index contributed by atoms with van der Waals surface area (Å²) in [4.78, 5) is 17.9. The van der Waals surface area contributed by atoms with E-state index in [0.717, 1.165) is 11.3 Å². The number of carbonyl (C=O) groups is 1. The van der Waals surface area contributed by atoms with E-state index in [9.17, 15) is 4.79 Å². The van der Waals surface area contributed by atoms with Crippen molar-refractivity contribution in [2.45, 2.75) is 13.5 Å². The molecule has 0 radical (unpaired) electrons. The van der Waals surface area contributed by atoms with Crippen molar-refractivity contribution in [2.24, 2.45) is 7.05 Å². The van der Waals surface area contributed by atoms with Crippen LogP contribution in [-0.4, -0.2) is 32.6 Å². The van der Waals surface area contributed by atoms with Gasteiger partial charge in [0, 0.05) is 33.0 Å². The zero-order chi connectivity index (χ0) is 13.1. The number of amides is 1. The lowest BCUT2D eigenvalue weighted by Gasteiger charge is -2.16. The average Bonchev–Trinajstić information content (AvgIpc) is 2.68. The van der Waals surface area contributed by atoms with E-state index in [4.69, 9.17) is 0 Å². The van der Waals surface area contributed by atoms with Crippen LogP contribution in [0, 0.1) is 6.92 Å². The molecular weight excluding hydrogens is 228 g/mol. The fourth-order valence-corrected chi connectivity index (χ4v) is 1.84. The van der Waals surface area contributed by atoms with Crippen molar-refractivity contribution in [1.29, 1.82) is 0 Å². The van der Waals surface area contributed by atoms with Crippen LogP contribution < -0.4 is 0 Å². The average molecular weight is 244 g/mol. The molecule has 0 aromatic carbocycles. The van der Waals surface area contributed by atoms with E-state index in [1.54, 1.807) is 42.1 Å². The first-order chi connectivity index (χ1) is 8.58. The van der Waals surface area contributed by atoms with Crippen LogP contribution in [0.15, 0.2) is 30.6 Å². The maximum Gasteiger partial charge on any atom is 0.272 e. The highest BCUT2D eigenvalue weighted by molar-refractivity contribution is 5.92. The van der Waals surface area contributed by atoms with Gasteiger partial charge in [-0.2, -0.15) is 5.10 Å². The second-order valence-corrected chi connectivity index (χ2v) is 4.31. The Morgan fingerprint density at radius 3 is 2.61 bits per heavy atom. The van der Waals surface area contributed by atoms with E-state index >= 15 is 0 Å². The summed E-state index contributed by atoms with van der Waals surface area (Å²) in [5, 5.41) is 4.18. The van der Waals surface area contributed by atoms with Crippen molar-refractivity contribution in [1.82, 2.24) is 19.7 Å². The summed E-state index contributed by atoms with van der Waals surface area (Å²) < 4.78 is 1.61. The van der Waals surface area contributed by atoms with Gasteiger partial charge in [-0.1, -0.05) is 0 Å². The normalized spacial score (nSPS) is 10.4. The minimum atomic E-state index is -0.0325. The van der Waals surface area contributed by atoms with Crippen molar-refractivity contribution in [3.8, 4) is 0 Å². The third-order valence-electron chi connectivity index (χ3n) is 2.74. The van der Waals surface area contributed by atoms with Gasteiger partial charge in [-0.05, 0) is 30.7 Å². The summed E-state index contributed by atoms with van der Waals surface area (Å²) in [7, 11) is 3.56. The number of aryl methyl sites for hydroxylation is 2. The summed E-state index contributed by atoms with van der Waals surface area (Å²) in [5.74, 6) is -0.0325. The van der Waals surface area contributed by atoms with Gasteiger partial charge in [-0.15, -0.1) is 0 Å². The highest BCUT2D eigenvalue weighted by atomic mass is 16.2. The molecule has 18 heavy (non-hydrogen) atoms. The number of hydrogen-bond acceptors (Lipinski definition) is 3. The molecule has 2 aromatic rings. The Morgan fingerprint density at radius 1 is 1.39 bits per heavy atom. The van der Waals surface area contributed by atoms with Gasteiger partial charge < -0.3 is 4.90 Å². The molecule has 0 aliphatic rings. The first kappa shape index (κ1) is 12.3. The predicted molar refractivity (Wildman–Crippen MR) is 68.0 cm³/mol. The van der Waals surface area contributed by atoms with Gasteiger partial charge in [0.25, 0.3) is 5.91 Å². The van der Waals surface area contributed by atoms with Gasteiger partial charge in [0.2, 0.25) is 0 Å². The van der Waals surface area contributed by atoms with Crippen LogP contribution >= 0.6 is 0 Å². The van der Waals surface area contributed by atoms with E-state index < -0.39 is 0 Å². The molecule has 5 heteroatoms. The number of aromatic nitrogens is 3. The quantitative estimate of drug-likeness (QED) is 0.820. The molecule has 5 nitrogen and oxygen atoms in total. The number of rotatable bonds is 3. The lowest BCUT2D eigenvalue weighted by Crippen LogP contribution is -2.28. The number of nitrogens with zero attached hydrogens (tertiary/aromatic N) is 4. The highest BCUT2D eigenvalue weighted by Gasteiger charge is 2.16. The van der Waals surface area contributed by atoms with Gasteiger partial charge in [0.15, 0.2) is 0 Å². The first-order valence-electron chi connectivity index (χ1n) is 5.73. The third-order valence-corrected chi connectivity index (χ3v) is 2.74. The highest BCUT2D eigenvalue weighted by Crippen LogP contribution is 2.08. The van der Waals surface area contributed by atoms with Crippen LogP contribution in [0.2, 0.25) is 0 Å². The van der Waals surface area contributed by atoms with Crippen LogP contribution in [0.1, 0.15) is 21.7 Å². The summed E-state index contributed by atoms with van der Waals surface area (Å²) in [6.07, 6.45) is 3.45. The maximum atomic E-state index is 12.2. The lowest BCUT2D eigenvalue weighted by atomic mass is 10.2. The fraction of sp³-hybridized carbons (Fsp3) is 0.308. The van der Waals surface area contributed by atoms with Gasteiger partial charge in [-0.25, -0.2) is 0 Å². The molecule has 0 fully saturated rings.